The first kappa shape index (κ1) is 9.49. The monoisotopic (exact) mass is 205 g/mol. The predicted molar refractivity (Wildman–Crippen MR) is 57.2 cm³/mol. The van der Waals surface area contributed by atoms with E-state index in [4.69, 9.17) is 5.26 Å². The number of hydrogen-bond acceptors (Lipinski definition) is 2. The number of hydrogen-bond donors (Lipinski definition) is 0. The van der Waals surface area contributed by atoms with Crippen LogP contribution in [0, 0.1) is 11.3 Å². The molecule has 72 valence electrons. The minimum Gasteiger partial charge on any atom is -0.317 e. The van der Waals surface area contributed by atoms with Crippen LogP contribution in [0.15, 0.2) is 30.3 Å². The van der Waals surface area contributed by atoms with Crippen LogP contribution in [-0.4, -0.2) is 11.8 Å². The first-order chi connectivity index (χ1) is 6.62. The maximum Gasteiger partial charge on any atom is 0.132 e. The molecule has 1 saturated carbocycles. The molecule has 0 N–H and O–H groups in total. The van der Waals surface area contributed by atoms with Crippen LogP contribution in [0.4, 0.5) is 0 Å². The van der Waals surface area contributed by atoms with Crippen molar-refractivity contribution in [3.05, 3.63) is 30.3 Å². The molecule has 0 aliphatic heterocycles. The Morgan fingerprint density at radius 2 is 1.93 bits per heavy atom. The molecule has 0 amide bonds. The lowest BCUT2D eigenvalue weighted by Gasteiger charge is -2.17. The van der Waals surface area contributed by atoms with Crippen molar-refractivity contribution in [2.45, 2.75) is 18.0 Å². The molecule has 1 atom stereocenters. The van der Waals surface area contributed by atoms with Gasteiger partial charge < -0.3 is 4.57 Å². The molecular formula is C11H12NOP. The summed E-state index contributed by atoms with van der Waals surface area (Å²) in [5.41, 5.74) is 0. The molecule has 2 rings (SSSR count). The van der Waals surface area contributed by atoms with Crippen LogP contribution in [0.5, 0.6) is 0 Å². The van der Waals surface area contributed by atoms with Gasteiger partial charge in [-0.25, -0.2) is 0 Å². The van der Waals surface area contributed by atoms with Crippen molar-refractivity contribution in [2.75, 3.05) is 6.66 Å². The van der Waals surface area contributed by atoms with E-state index in [2.05, 4.69) is 6.07 Å². The van der Waals surface area contributed by atoms with E-state index in [1.807, 2.05) is 30.3 Å². The maximum atomic E-state index is 12.5. The third-order valence-electron chi connectivity index (χ3n) is 3.00. The van der Waals surface area contributed by atoms with Crippen LogP contribution in [0.25, 0.3) is 0 Å². The fourth-order valence-corrected chi connectivity index (χ4v) is 4.10. The van der Waals surface area contributed by atoms with Crippen molar-refractivity contribution >= 4 is 12.4 Å². The quantitative estimate of drug-likeness (QED) is 0.695. The Labute approximate surface area is 83.9 Å². The van der Waals surface area contributed by atoms with Gasteiger partial charge >= 0.3 is 0 Å². The van der Waals surface area contributed by atoms with Gasteiger partial charge in [-0.15, -0.1) is 0 Å². The fraction of sp³-hybridized carbons (Fsp3) is 0.364. The number of benzene rings is 1. The molecule has 1 aliphatic rings. The van der Waals surface area contributed by atoms with Gasteiger partial charge in [0.1, 0.15) is 12.3 Å². The van der Waals surface area contributed by atoms with E-state index < -0.39 is 12.3 Å². The largest absolute Gasteiger partial charge is 0.317 e. The molecule has 0 radical (unpaired) electrons. The summed E-state index contributed by atoms with van der Waals surface area (Å²) < 4.78 is 12.5. The summed E-state index contributed by atoms with van der Waals surface area (Å²) in [4.78, 5) is 0. The number of nitriles is 1. The van der Waals surface area contributed by atoms with Gasteiger partial charge in [0, 0.05) is 5.30 Å². The van der Waals surface area contributed by atoms with Gasteiger partial charge in [-0.1, -0.05) is 30.3 Å². The average Bonchev–Trinajstić information content (AvgIpc) is 3.00. The van der Waals surface area contributed by atoms with Crippen molar-refractivity contribution in [1.29, 1.82) is 5.26 Å². The Balaban J connectivity index is 2.45. The van der Waals surface area contributed by atoms with Crippen molar-refractivity contribution < 1.29 is 4.57 Å². The number of nitrogens with zero attached hydrogens (tertiary/aromatic N) is 1. The van der Waals surface area contributed by atoms with Gasteiger partial charge in [0.2, 0.25) is 0 Å². The summed E-state index contributed by atoms with van der Waals surface area (Å²) in [6.07, 6.45) is 1.57. The zero-order valence-corrected chi connectivity index (χ0v) is 9.00. The van der Waals surface area contributed by atoms with E-state index in [1.54, 1.807) is 6.66 Å². The van der Waals surface area contributed by atoms with Crippen LogP contribution in [-0.2, 0) is 4.57 Å². The van der Waals surface area contributed by atoms with E-state index >= 15 is 0 Å². The molecular weight excluding hydrogens is 193 g/mol. The van der Waals surface area contributed by atoms with Crippen LogP contribution in [0.1, 0.15) is 12.8 Å². The predicted octanol–water partition coefficient (Wildman–Crippen LogP) is 2.36. The van der Waals surface area contributed by atoms with Crippen molar-refractivity contribution in [2.24, 2.45) is 0 Å². The highest BCUT2D eigenvalue weighted by atomic mass is 31.2. The minimum absolute atomic E-state index is 0.547. The summed E-state index contributed by atoms with van der Waals surface area (Å²) in [7, 11) is -2.50. The van der Waals surface area contributed by atoms with Gasteiger partial charge in [-0.05, 0) is 19.5 Å². The lowest BCUT2D eigenvalue weighted by Crippen LogP contribution is -2.16. The van der Waals surface area contributed by atoms with Crippen LogP contribution < -0.4 is 5.30 Å². The van der Waals surface area contributed by atoms with Crippen LogP contribution >= 0.6 is 7.14 Å². The summed E-state index contributed by atoms with van der Waals surface area (Å²) >= 11 is 0. The molecule has 1 unspecified atom stereocenters. The van der Waals surface area contributed by atoms with Crippen LogP contribution in [0.3, 0.4) is 0 Å². The first-order valence-electron chi connectivity index (χ1n) is 4.67. The second kappa shape index (κ2) is 2.97. The molecule has 1 aliphatic carbocycles. The van der Waals surface area contributed by atoms with Crippen molar-refractivity contribution in [3.8, 4) is 6.07 Å². The van der Waals surface area contributed by atoms with Gasteiger partial charge in [0.15, 0.2) is 0 Å². The molecule has 0 aromatic heterocycles. The molecule has 1 fully saturated rings. The van der Waals surface area contributed by atoms with Crippen molar-refractivity contribution in [3.63, 3.8) is 0 Å². The lowest BCUT2D eigenvalue weighted by atomic mass is 10.4. The SMILES string of the molecule is CP(=O)(c1ccccc1)C1(C#N)CC1. The molecule has 0 heterocycles. The van der Waals surface area contributed by atoms with E-state index in [-0.39, 0.29) is 0 Å². The zero-order chi connectivity index (χ0) is 10.2. The van der Waals surface area contributed by atoms with Crippen molar-refractivity contribution in [1.82, 2.24) is 0 Å². The second-order valence-corrected chi connectivity index (χ2v) is 7.12. The Morgan fingerprint density at radius 1 is 1.36 bits per heavy atom. The van der Waals surface area contributed by atoms with E-state index in [0.29, 0.717) is 0 Å². The Hall–Kier alpha value is -1.06. The normalized spacial score (nSPS) is 22.0. The van der Waals surface area contributed by atoms with Crippen LogP contribution in [0.2, 0.25) is 0 Å². The molecule has 1 aromatic carbocycles. The summed E-state index contributed by atoms with van der Waals surface area (Å²) in [6.45, 7) is 1.73. The maximum absolute atomic E-state index is 12.5. The number of rotatable bonds is 2. The van der Waals surface area contributed by atoms with Gasteiger partial charge in [-0.3, -0.25) is 0 Å². The minimum atomic E-state index is -2.50. The lowest BCUT2D eigenvalue weighted by molar-refractivity contribution is 0.579. The van der Waals surface area contributed by atoms with Gasteiger partial charge in [0.05, 0.1) is 6.07 Å². The second-order valence-electron chi connectivity index (χ2n) is 3.90. The van der Waals surface area contributed by atoms with E-state index in [1.165, 1.54) is 0 Å². The Bertz CT molecular complexity index is 428. The van der Waals surface area contributed by atoms with E-state index in [0.717, 1.165) is 18.1 Å². The molecule has 1 aromatic rings. The fourth-order valence-electron chi connectivity index (χ4n) is 1.71. The smallest absolute Gasteiger partial charge is 0.132 e. The summed E-state index contributed by atoms with van der Waals surface area (Å²) in [6, 6.07) is 11.6. The molecule has 0 bridgehead atoms. The highest BCUT2D eigenvalue weighted by molar-refractivity contribution is 7.73. The summed E-state index contributed by atoms with van der Waals surface area (Å²) in [5, 5.41) is 9.32. The standard InChI is InChI=1S/C11H12NOP/c1-14(13,11(9-12)7-8-11)10-5-3-2-4-6-10/h2-6H,7-8H2,1H3. The zero-order valence-electron chi connectivity index (χ0n) is 8.10. The molecule has 0 saturated heterocycles. The van der Waals surface area contributed by atoms with E-state index in [9.17, 15) is 4.57 Å². The molecule has 3 heteroatoms. The molecule has 14 heavy (non-hydrogen) atoms. The van der Waals surface area contributed by atoms with Gasteiger partial charge in [-0.2, -0.15) is 5.26 Å². The average molecular weight is 205 g/mol. The Kier molecular flexibility index (Phi) is 2.01. The molecule has 0 spiro atoms. The Morgan fingerprint density at radius 3 is 2.36 bits per heavy atom. The third-order valence-corrected chi connectivity index (χ3v) is 6.46. The molecule has 2 nitrogen and oxygen atoms in total. The highest BCUT2D eigenvalue weighted by Gasteiger charge is 2.56. The van der Waals surface area contributed by atoms with Gasteiger partial charge in [0.25, 0.3) is 0 Å². The topological polar surface area (TPSA) is 40.9 Å². The highest BCUT2D eigenvalue weighted by Crippen LogP contribution is 2.66. The third kappa shape index (κ3) is 1.21. The first-order valence-corrected chi connectivity index (χ1v) is 6.82. The summed E-state index contributed by atoms with van der Waals surface area (Å²) in [5.74, 6) is 0.